The van der Waals surface area contributed by atoms with Crippen LogP contribution in [0.3, 0.4) is 0 Å². The second kappa shape index (κ2) is 4.35. The van der Waals surface area contributed by atoms with Gasteiger partial charge in [-0.1, -0.05) is 0 Å². The predicted molar refractivity (Wildman–Crippen MR) is 47.7 cm³/mol. The molecule has 5 atom stereocenters. The minimum absolute atomic E-state index is 0.0509. The summed E-state index contributed by atoms with van der Waals surface area (Å²) in [5.74, 6) is -0.121. The van der Waals surface area contributed by atoms with Crippen molar-refractivity contribution >= 4 is 5.78 Å². The molecule has 0 aliphatic carbocycles. The number of ether oxygens (including phenoxy) is 1. The first-order chi connectivity index (χ1) is 6.43. The summed E-state index contributed by atoms with van der Waals surface area (Å²) in [4.78, 5) is 10.8. The van der Waals surface area contributed by atoms with Gasteiger partial charge in [0.1, 0.15) is 24.1 Å². The third kappa shape index (κ3) is 2.30. The molecule has 1 fully saturated rings. The van der Waals surface area contributed by atoms with Gasteiger partial charge in [0.05, 0.1) is 12.2 Å². The molecule has 1 aliphatic rings. The number of hydrogen-bond donors (Lipinski definition) is 3. The van der Waals surface area contributed by atoms with E-state index in [2.05, 4.69) is 0 Å². The average Bonchev–Trinajstić information content (AvgIpc) is 2.10. The molecule has 1 saturated heterocycles. The fraction of sp³-hybridized carbons (Fsp3) is 0.889. The van der Waals surface area contributed by atoms with Crippen molar-refractivity contribution in [1.29, 1.82) is 0 Å². The molecule has 0 bridgehead atoms. The average molecular weight is 204 g/mol. The van der Waals surface area contributed by atoms with Gasteiger partial charge in [-0.05, 0) is 13.8 Å². The van der Waals surface area contributed by atoms with Crippen LogP contribution in [-0.2, 0) is 9.53 Å². The highest BCUT2D eigenvalue weighted by Gasteiger charge is 2.41. The number of carbonyl (C=O) groups is 1. The number of carbonyl (C=O) groups excluding carboxylic acids is 1. The fourth-order valence-corrected chi connectivity index (χ4v) is 1.59. The summed E-state index contributed by atoms with van der Waals surface area (Å²) in [5, 5.41) is 28.2. The van der Waals surface area contributed by atoms with Crippen LogP contribution >= 0.6 is 0 Å². The first kappa shape index (κ1) is 11.6. The van der Waals surface area contributed by atoms with Gasteiger partial charge < -0.3 is 20.1 Å². The molecule has 14 heavy (non-hydrogen) atoms. The summed E-state index contributed by atoms with van der Waals surface area (Å²) in [6.07, 6.45) is -4.80. The molecule has 0 spiro atoms. The van der Waals surface area contributed by atoms with Crippen molar-refractivity contribution in [3.63, 3.8) is 0 Å². The Balaban J connectivity index is 2.65. The lowest BCUT2D eigenvalue weighted by Crippen LogP contribution is -2.56. The molecular formula is C9H16O5. The van der Waals surface area contributed by atoms with Crippen LogP contribution in [0.2, 0.25) is 0 Å². The SMILES string of the molecule is CC(=O)C[C@H]1O[C@@H](C)[C@@H](O)[C@@H](O)[C@@H]1O. The third-order valence-electron chi connectivity index (χ3n) is 2.44. The predicted octanol–water partition coefficient (Wildman–Crippen LogP) is -1.16. The molecule has 0 aromatic rings. The van der Waals surface area contributed by atoms with Crippen molar-refractivity contribution < 1.29 is 24.9 Å². The number of aliphatic hydroxyl groups is 3. The Kier molecular flexibility index (Phi) is 3.60. The summed E-state index contributed by atoms with van der Waals surface area (Å²) >= 11 is 0. The van der Waals surface area contributed by atoms with Crippen LogP contribution in [0.25, 0.3) is 0 Å². The quantitative estimate of drug-likeness (QED) is 0.528. The van der Waals surface area contributed by atoms with E-state index in [1.54, 1.807) is 6.92 Å². The minimum Gasteiger partial charge on any atom is -0.388 e. The van der Waals surface area contributed by atoms with Gasteiger partial charge in [0.25, 0.3) is 0 Å². The monoisotopic (exact) mass is 204 g/mol. The number of hydrogen-bond acceptors (Lipinski definition) is 5. The molecule has 5 nitrogen and oxygen atoms in total. The zero-order valence-electron chi connectivity index (χ0n) is 8.25. The summed E-state index contributed by atoms with van der Waals surface area (Å²) < 4.78 is 5.21. The van der Waals surface area contributed by atoms with Crippen molar-refractivity contribution in [2.45, 2.75) is 50.8 Å². The standard InChI is InChI=1S/C9H16O5/c1-4(10)3-6-8(12)9(13)7(11)5(2)14-6/h5-9,11-13H,3H2,1-2H3/t5-,6+,7+,8+,9+/m0/s1. The molecule has 0 amide bonds. The van der Waals surface area contributed by atoms with Crippen LogP contribution in [0.4, 0.5) is 0 Å². The minimum atomic E-state index is -1.25. The molecule has 1 heterocycles. The smallest absolute Gasteiger partial charge is 0.132 e. The summed E-state index contributed by atoms with van der Waals surface area (Å²) in [6, 6.07) is 0. The second-order valence-corrected chi connectivity index (χ2v) is 3.76. The lowest BCUT2D eigenvalue weighted by molar-refractivity contribution is -0.217. The highest BCUT2D eigenvalue weighted by molar-refractivity contribution is 5.76. The van der Waals surface area contributed by atoms with Crippen LogP contribution < -0.4 is 0 Å². The molecule has 5 heteroatoms. The van der Waals surface area contributed by atoms with Crippen LogP contribution in [-0.4, -0.2) is 51.6 Å². The van der Waals surface area contributed by atoms with Crippen molar-refractivity contribution in [3.8, 4) is 0 Å². The van der Waals surface area contributed by atoms with E-state index in [4.69, 9.17) is 4.74 Å². The number of ketones is 1. The molecular weight excluding hydrogens is 188 g/mol. The summed E-state index contributed by atoms with van der Waals surface area (Å²) in [6.45, 7) is 2.98. The molecule has 0 aromatic carbocycles. The topological polar surface area (TPSA) is 87.0 Å². The van der Waals surface area contributed by atoms with Crippen LogP contribution in [0.15, 0.2) is 0 Å². The fourth-order valence-electron chi connectivity index (χ4n) is 1.59. The Morgan fingerprint density at radius 2 is 1.79 bits per heavy atom. The van der Waals surface area contributed by atoms with Crippen LogP contribution in [0, 0.1) is 0 Å². The summed E-state index contributed by atoms with van der Waals surface area (Å²) in [5.41, 5.74) is 0. The number of aliphatic hydroxyl groups excluding tert-OH is 3. The number of Topliss-reactive ketones (excluding diaryl/α,β-unsaturated/α-hetero) is 1. The normalized spacial score (nSPS) is 43.6. The zero-order valence-corrected chi connectivity index (χ0v) is 8.25. The van der Waals surface area contributed by atoms with E-state index in [0.29, 0.717) is 0 Å². The van der Waals surface area contributed by atoms with E-state index >= 15 is 0 Å². The van der Waals surface area contributed by atoms with E-state index in [1.807, 2.05) is 0 Å². The van der Waals surface area contributed by atoms with Crippen LogP contribution in [0.1, 0.15) is 20.3 Å². The molecule has 0 radical (unpaired) electrons. The maximum absolute atomic E-state index is 10.8. The molecule has 0 aromatic heterocycles. The van der Waals surface area contributed by atoms with Gasteiger partial charge in [-0.2, -0.15) is 0 Å². The first-order valence-corrected chi connectivity index (χ1v) is 4.62. The van der Waals surface area contributed by atoms with E-state index in [-0.39, 0.29) is 12.2 Å². The molecule has 0 saturated carbocycles. The van der Waals surface area contributed by atoms with Gasteiger partial charge in [-0.25, -0.2) is 0 Å². The molecule has 1 rings (SSSR count). The lowest BCUT2D eigenvalue weighted by Gasteiger charge is -2.39. The van der Waals surface area contributed by atoms with Crippen molar-refractivity contribution in [2.24, 2.45) is 0 Å². The molecule has 0 unspecified atom stereocenters. The van der Waals surface area contributed by atoms with Gasteiger partial charge in [-0.15, -0.1) is 0 Å². The Hall–Kier alpha value is -0.490. The van der Waals surface area contributed by atoms with E-state index < -0.39 is 30.5 Å². The Morgan fingerprint density at radius 3 is 2.29 bits per heavy atom. The van der Waals surface area contributed by atoms with E-state index in [0.717, 1.165) is 0 Å². The van der Waals surface area contributed by atoms with Crippen molar-refractivity contribution in [3.05, 3.63) is 0 Å². The van der Waals surface area contributed by atoms with E-state index in [9.17, 15) is 20.1 Å². The van der Waals surface area contributed by atoms with Gasteiger partial charge in [0.2, 0.25) is 0 Å². The maximum atomic E-state index is 10.8. The van der Waals surface area contributed by atoms with E-state index in [1.165, 1.54) is 6.92 Å². The highest BCUT2D eigenvalue weighted by Crippen LogP contribution is 2.22. The van der Waals surface area contributed by atoms with Gasteiger partial charge in [0, 0.05) is 6.42 Å². The second-order valence-electron chi connectivity index (χ2n) is 3.76. The largest absolute Gasteiger partial charge is 0.388 e. The third-order valence-corrected chi connectivity index (χ3v) is 2.44. The van der Waals surface area contributed by atoms with Gasteiger partial charge in [0.15, 0.2) is 0 Å². The van der Waals surface area contributed by atoms with Gasteiger partial charge in [-0.3, -0.25) is 4.79 Å². The zero-order chi connectivity index (χ0) is 10.9. The van der Waals surface area contributed by atoms with Crippen molar-refractivity contribution in [1.82, 2.24) is 0 Å². The molecule has 3 N–H and O–H groups in total. The molecule has 82 valence electrons. The number of rotatable bonds is 2. The first-order valence-electron chi connectivity index (χ1n) is 4.62. The highest BCUT2D eigenvalue weighted by atomic mass is 16.5. The van der Waals surface area contributed by atoms with Gasteiger partial charge >= 0.3 is 0 Å². The summed E-state index contributed by atoms with van der Waals surface area (Å²) in [7, 11) is 0. The molecule has 1 aliphatic heterocycles. The van der Waals surface area contributed by atoms with Crippen LogP contribution in [0.5, 0.6) is 0 Å². The lowest BCUT2D eigenvalue weighted by atomic mass is 9.93. The Bertz CT molecular complexity index is 217. The maximum Gasteiger partial charge on any atom is 0.132 e. The Labute approximate surface area is 82.3 Å². The van der Waals surface area contributed by atoms with Crippen molar-refractivity contribution in [2.75, 3.05) is 0 Å². The Morgan fingerprint density at radius 1 is 1.21 bits per heavy atom.